The maximum Gasteiger partial charge on any atom is 0.308 e. The number of carbonyl (C=O) groups excluding carboxylic acids is 1. The van der Waals surface area contributed by atoms with Gasteiger partial charge in [0.25, 0.3) is 0 Å². The van der Waals surface area contributed by atoms with E-state index < -0.39 is 16.0 Å². The molecule has 9 heteroatoms. The molecular weight excluding hydrogens is 468 g/mol. The maximum atomic E-state index is 13.0. The zero-order chi connectivity index (χ0) is 24.6. The van der Waals surface area contributed by atoms with Gasteiger partial charge in [-0.15, -0.1) is 0 Å². The molecule has 0 radical (unpaired) electrons. The van der Waals surface area contributed by atoms with Crippen LogP contribution in [0, 0.1) is 5.92 Å². The van der Waals surface area contributed by atoms with Gasteiger partial charge in [-0.2, -0.15) is 0 Å². The summed E-state index contributed by atoms with van der Waals surface area (Å²) in [6, 6.07) is 10.8. The van der Waals surface area contributed by atoms with Gasteiger partial charge in [-0.05, 0) is 66.6 Å². The average molecular weight is 499 g/mol. The summed E-state index contributed by atoms with van der Waals surface area (Å²) in [4.78, 5) is 11.7. The van der Waals surface area contributed by atoms with Crippen LogP contribution in [0.2, 0.25) is 0 Å². The van der Waals surface area contributed by atoms with E-state index >= 15 is 0 Å². The summed E-state index contributed by atoms with van der Waals surface area (Å²) >= 11 is 0. The molecule has 2 aromatic carbocycles. The molecule has 0 saturated carbocycles. The Bertz CT molecular complexity index is 1250. The molecule has 5 rings (SSSR count). The number of hydrogen-bond acceptors (Lipinski definition) is 7. The van der Waals surface area contributed by atoms with Gasteiger partial charge in [0.2, 0.25) is 10.0 Å². The summed E-state index contributed by atoms with van der Waals surface area (Å²) in [6.45, 7) is 2.33. The number of rotatable bonds is 7. The van der Waals surface area contributed by atoms with Gasteiger partial charge >= 0.3 is 5.97 Å². The highest BCUT2D eigenvalue weighted by Gasteiger charge is 2.39. The average Bonchev–Trinajstić information content (AvgIpc) is 3.54. The lowest BCUT2D eigenvalue weighted by Crippen LogP contribution is -2.32. The second-order valence-electron chi connectivity index (χ2n) is 9.22. The van der Waals surface area contributed by atoms with Gasteiger partial charge < -0.3 is 19.5 Å². The molecule has 4 unspecified atom stereocenters. The number of anilines is 1. The van der Waals surface area contributed by atoms with Crippen LogP contribution in [0.1, 0.15) is 49.3 Å². The van der Waals surface area contributed by atoms with Crippen LogP contribution in [0.15, 0.2) is 53.4 Å². The van der Waals surface area contributed by atoms with Crippen LogP contribution in [0.3, 0.4) is 0 Å². The Morgan fingerprint density at radius 1 is 1.20 bits per heavy atom. The summed E-state index contributed by atoms with van der Waals surface area (Å²) in [6.07, 6.45) is 6.96. The molecule has 2 aromatic rings. The predicted molar refractivity (Wildman–Crippen MR) is 131 cm³/mol. The van der Waals surface area contributed by atoms with Gasteiger partial charge in [0.05, 0.1) is 24.2 Å². The maximum absolute atomic E-state index is 13.0. The molecule has 2 heterocycles. The van der Waals surface area contributed by atoms with E-state index in [1.54, 1.807) is 25.3 Å². The third-order valence-electron chi connectivity index (χ3n) is 6.97. The van der Waals surface area contributed by atoms with Gasteiger partial charge in [0, 0.05) is 31.7 Å². The number of benzene rings is 2. The van der Waals surface area contributed by atoms with Crippen molar-refractivity contribution >= 4 is 21.7 Å². The smallest absolute Gasteiger partial charge is 0.308 e. The first kappa shape index (κ1) is 23.8. The van der Waals surface area contributed by atoms with Crippen LogP contribution in [0.25, 0.3) is 0 Å². The minimum atomic E-state index is -3.64. The molecular formula is C26H30N2O6S. The largest absolute Gasteiger partial charge is 0.493 e. The van der Waals surface area contributed by atoms with E-state index in [0.717, 1.165) is 36.1 Å². The van der Waals surface area contributed by atoms with Crippen molar-refractivity contribution in [3.8, 4) is 11.5 Å². The number of carbonyl (C=O) groups is 1. The molecule has 35 heavy (non-hydrogen) atoms. The fraction of sp³-hybridized carbons (Fsp3) is 0.423. The lowest BCUT2D eigenvalue weighted by atomic mass is 9.77. The fourth-order valence-corrected chi connectivity index (χ4v) is 6.38. The van der Waals surface area contributed by atoms with Gasteiger partial charge in [0.1, 0.15) is 0 Å². The molecule has 0 bridgehead atoms. The molecule has 1 saturated heterocycles. The normalized spacial score (nSPS) is 25.0. The van der Waals surface area contributed by atoms with Crippen LogP contribution >= 0.6 is 0 Å². The molecule has 2 aliphatic heterocycles. The minimum Gasteiger partial charge on any atom is -0.493 e. The van der Waals surface area contributed by atoms with E-state index in [1.165, 1.54) is 6.92 Å². The number of allylic oxidation sites excluding steroid dienone is 2. The summed E-state index contributed by atoms with van der Waals surface area (Å²) in [7, 11) is -2.09. The summed E-state index contributed by atoms with van der Waals surface area (Å²) in [5.41, 5.74) is 2.89. The van der Waals surface area contributed by atoms with Crippen LogP contribution in [0.4, 0.5) is 5.69 Å². The van der Waals surface area contributed by atoms with Gasteiger partial charge in [-0.25, -0.2) is 13.1 Å². The van der Waals surface area contributed by atoms with Crippen LogP contribution in [-0.4, -0.2) is 40.8 Å². The van der Waals surface area contributed by atoms with E-state index in [4.69, 9.17) is 14.2 Å². The Morgan fingerprint density at radius 3 is 2.80 bits per heavy atom. The highest BCUT2D eigenvalue weighted by Crippen LogP contribution is 2.50. The molecule has 1 fully saturated rings. The van der Waals surface area contributed by atoms with Crippen molar-refractivity contribution in [2.75, 3.05) is 25.6 Å². The monoisotopic (exact) mass is 498 g/mol. The van der Waals surface area contributed by atoms with E-state index in [2.05, 4.69) is 22.2 Å². The van der Waals surface area contributed by atoms with Crippen LogP contribution in [0.5, 0.6) is 11.5 Å². The Balaban J connectivity index is 1.41. The quantitative estimate of drug-likeness (QED) is 0.339. The molecule has 0 amide bonds. The van der Waals surface area contributed by atoms with Crippen molar-refractivity contribution in [1.82, 2.24) is 4.72 Å². The van der Waals surface area contributed by atoms with Crippen molar-refractivity contribution in [2.24, 2.45) is 5.92 Å². The fourth-order valence-electron chi connectivity index (χ4n) is 5.28. The van der Waals surface area contributed by atoms with E-state index in [1.807, 2.05) is 18.2 Å². The molecule has 2 N–H and O–H groups in total. The lowest BCUT2D eigenvalue weighted by molar-refractivity contribution is -0.132. The second kappa shape index (κ2) is 9.64. The van der Waals surface area contributed by atoms with Gasteiger partial charge in [0.15, 0.2) is 11.5 Å². The number of esters is 1. The molecule has 8 nitrogen and oxygen atoms in total. The number of hydrogen-bond donors (Lipinski definition) is 2. The first-order chi connectivity index (χ1) is 16.9. The highest BCUT2D eigenvalue weighted by molar-refractivity contribution is 7.89. The van der Waals surface area contributed by atoms with E-state index in [-0.39, 0.29) is 35.4 Å². The number of methoxy groups -OCH3 is 1. The SMILES string of the molecule is COc1cc(C2Nc3ccc(S(=O)(=O)NCC4CCCO4)cc3C3C=CCC32)ccc1OC(C)=O. The summed E-state index contributed by atoms with van der Waals surface area (Å²) in [5, 5.41) is 3.61. The third-order valence-corrected chi connectivity index (χ3v) is 8.39. The lowest BCUT2D eigenvalue weighted by Gasteiger charge is -2.38. The summed E-state index contributed by atoms with van der Waals surface area (Å²) in [5.74, 6) is 0.767. The zero-order valence-electron chi connectivity index (χ0n) is 19.8. The first-order valence-corrected chi connectivity index (χ1v) is 13.4. The van der Waals surface area contributed by atoms with E-state index in [0.29, 0.717) is 18.1 Å². The molecule has 1 aliphatic carbocycles. The molecule has 4 atom stereocenters. The number of sulfonamides is 1. The van der Waals surface area contributed by atoms with Gasteiger partial charge in [-0.3, -0.25) is 4.79 Å². The Morgan fingerprint density at radius 2 is 2.06 bits per heavy atom. The second-order valence-corrected chi connectivity index (χ2v) is 11.0. The standard InChI is InChI=1S/C26H30N2O6S/c1-16(29)34-24-11-8-17(13-25(24)32-2)26-21-7-3-6-20(21)22-14-19(9-10-23(22)28-26)35(30,31)27-15-18-5-4-12-33-18/h3,6,8-11,13-14,18,20-21,26-28H,4-5,7,12,15H2,1-2H3. The topological polar surface area (TPSA) is 103 Å². The summed E-state index contributed by atoms with van der Waals surface area (Å²) < 4.78 is 44.9. The van der Waals surface area contributed by atoms with Crippen molar-refractivity contribution in [1.29, 1.82) is 0 Å². The minimum absolute atomic E-state index is 0.0112. The Kier molecular flexibility index (Phi) is 6.57. The zero-order valence-corrected chi connectivity index (χ0v) is 20.6. The number of fused-ring (bicyclic) bond motifs is 3. The van der Waals surface area contributed by atoms with Crippen molar-refractivity contribution in [3.05, 3.63) is 59.7 Å². The van der Waals surface area contributed by atoms with Crippen molar-refractivity contribution in [2.45, 2.75) is 49.1 Å². The predicted octanol–water partition coefficient (Wildman–Crippen LogP) is 3.90. The Labute approximate surface area is 205 Å². The third kappa shape index (κ3) is 4.80. The molecule has 3 aliphatic rings. The van der Waals surface area contributed by atoms with E-state index in [9.17, 15) is 13.2 Å². The van der Waals surface area contributed by atoms with Crippen molar-refractivity contribution in [3.63, 3.8) is 0 Å². The Hall–Kier alpha value is -2.88. The van der Waals surface area contributed by atoms with Crippen molar-refractivity contribution < 1.29 is 27.4 Å². The van der Waals surface area contributed by atoms with Gasteiger partial charge in [-0.1, -0.05) is 18.2 Å². The molecule has 186 valence electrons. The molecule has 0 aromatic heterocycles. The first-order valence-electron chi connectivity index (χ1n) is 11.9. The van der Waals surface area contributed by atoms with Crippen LogP contribution < -0.4 is 19.5 Å². The molecule has 0 spiro atoms. The van der Waals surface area contributed by atoms with Crippen LogP contribution in [-0.2, 0) is 19.6 Å². The highest BCUT2D eigenvalue weighted by atomic mass is 32.2. The number of ether oxygens (including phenoxy) is 3. The number of nitrogens with one attached hydrogen (secondary N) is 2.